The Kier molecular flexibility index (Phi) is 4.53. The van der Waals surface area contributed by atoms with Crippen LogP contribution < -0.4 is 10.1 Å². The molecule has 0 saturated heterocycles. The highest BCUT2D eigenvalue weighted by Gasteiger charge is 2.08. The number of benzene rings is 1. The van der Waals surface area contributed by atoms with Gasteiger partial charge in [0.15, 0.2) is 0 Å². The van der Waals surface area contributed by atoms with Crippen molar-refractivity contribution in [3.8, 4) is 17.0 Å². The lowest BCUT2D eigenvalue weighted by molar-refractivity contribution is 0.398. The van der Waals surface area contributed by atoms with E-state index < -0.39 is 0 Å². The van der Waals surface area contributed by atoms with Gasteiger partial charge in [0, 0.05) is 18.3 Å². The summed E-state index contributed by atoms with van der Waals surface area (Å²) in [5, 5.41) is 3.33. The molecule has 0 aliphatic carbocycles. The van der Waals surface area contributed by atoms with Crippen LogP contribution in [0.1, 0.15) is 24.9 Å². The summed E-state index contributed by atoms with van der Waals surface area (Å²) in [4.78, 5) is 4.14. The van der Waals surface area contributed by atoms with E-state index in [-0.39, 0.29) is 0 Å². The Morgan fingerprint density at radius 1 is 1.21 bits per heavy atom. The molecule has 0 spiro atoms. The monoisotopic (exact) mass is 256 g/mol. The van der Waals surface area contributed by atoms with Crippen molar-refractivity contribution < 1.29 is 4.74 Å². The van der Waals surface area contributed by atoms with Crippen molar-refractivity contribution in [1.29, 1.82) is 0 Å². The molecule has 1 unspecified atom stereocenters. The predicted octanol–water partition coefficient (Wildman–Crippen LogP) is 3.43. The first-order valence-electron chi connectivity index (χ1n) is 6.56. The van der Waals surface area contributed by atoms with E-state index >= 15 is 0 Å². The molecule has 3 heteroatoms. The third-order valence-electron chi connectivity index (χ3n) is 3.32. The minimum absolute atomic E-state index is 0.392. The number of nitrogens with one attached hydrogen (secondary N) is 1. The zero-order valence-electron chi connectivity index (χ0n) is 11.7. The van der Waals surface area contributed by atoms with Gasteiger partial charge < -0.3 is 10.1 Å². The third kappa shape index (κ3) is 3.12. The molecule has 0 amide bonds. The predicted molar refractivity (Wildman–Crippen MR) is 78.3 cm³/mol. The molecule has 100 valence electrons. The van der Waals surface area contributed by atoms with E-state index in [0.29, 0.717) is 11.9 Å². The minimum atomic E-state index is 0.392. The smallest absolute Gasteiger partial charge is 0.213 e. The Bertz CT molecular complexity index is 536. The van der Waals surface area contributed by atoms with E-state index in [0.717, 1.165) is 12.0 Å². The Hall–Kier alpha value is -1.87. The topological polar surface area (TPSA) is 34.2 Å². The summed E-state index contributed by atoms with van der Waals surface area (Å²) in [6, 6.07) is 12.9. The molecule has 1 N–H and O–H groups in total. The molecule has 1 aromatic heterocycles. The van der Waals surface area contributed by atoms with Crippen molar-refractivity contribution in [2.45, 2.75) is 19.4 Å². The Labute approximate surface area is 114 Å². The molecule has 0 fully saturated rings. The van der Waals surface area contributed by atoms with Gasteiger partial charge in [-0.05, 0) is 42.3 Å². The van der Waals surface area contributed by atoms with Crippen LogP contribution in [0.5, 0.6) is 5.88 Å². The molecule has 0 saturated carbocycles. The summed E-state index contributed by atoms with van der Waals surface area (Å²) in [7, 11) is 3.63. The van der Waals surface area contributed by atoms with Crippen LogP contribution in [-0.4, -0.2) is 19.1 Å². The maximum absolute atomic E-state index is 5.17. The first-order chi connectivity index (χ1) is 9.28. The number of hydrogen-bond acceptors (Lipinski definition) is 3. The molecule has 1 heterocycles. The second kappa shape index (κ2) is 6.34. The average molecular weight is 256 g/mol. The minimum Gasteiger partial charge on any atom is -0.481 e. The normalized spacial score (nSPS) is 12.2. The molecule has 0 radical (unpaired) electrons. The van der Waals surface area contributed by atoms with Gasteiger partial charge in [-0.1, -0.05) is 25.1 Å². The number of methoxy groups -OCH3 is 1. The summed E-state index contributed by atoms with van der Waals surface area (Å²) in [6.07, 6.45) is 2.84. The van der Waals surface area contributed by atoms with Crippen molar-refractivity contribution in [2.24, 2.45) is 0 Å². The van der Waals surface area contributed by atoms with Crippen molar-refractivity contribution in [2.75, 3.05) is 14.2 Å². The number of aromatic nitrogens is 1. The maximum Gasteiger partial charge on any atom is 0.213 e. The fourth-order valence-electron chi connectivity index (χ4n) is 2.24. The Morgan fingerprint density at radius 3 is 2.68 bits per heavy atom. The summed E-state index contributed by atoms with van der Waals surface area (Å²) in [5.74, 6) is 0.642. The number of nitrogens with zero attached hydrogens (tertiary/aromatic N) is 1. The van der Waals surface area contributed by atoms with Crippen LogP contribution in [0.4, 0.5) is 0 Å². The maximum atomic E-state index is 5.17. The summed E-state index contributed by atoms with van der Waals surface area (Å²) < 4.78 is 5.17. The highest BCUT2D eigenvalue weighted by atomic mass is 16.5. The SMILES string of the molecule is CCC(NC)c1cccc(-c2ccnc(OC)c2)c1. The van der Waals surface area contributed by atoms with E-state index in [1.807, 2.05) is 19.2 Å². The first kappa shape index (κ1) is 13.6. The van der Waals surface area contributed by atoms with Crippen LogP contribution in [0, 0.1) is 0 Å². The Balaban J connectivity index is 2.37. The van der Waals surface area contributed by atoms with Crippen LogP contribution in [-0.2, 0) is 0 Å². The van der Waals surface area contributed by atoms with Crippen LogP contribution in [0.15, 0.2) is 42.6 Å². The van der Waals surface area contributed by atoms with Crippen molar-refractivity contribution in [1.82, 2.24) is 10.3 Å². The number of ether oxygens (including phenoxy) is 1. The van der Waals surface area contributed by atoms with Gasteiger partial charge in [-0.3, -0.25) is 0 Å². The van der Waals surface area contributed by atoms with Crippen LogP contribution in [0.25, 0.3) is 11.1 Å². The lowest BCUT2D eigenvalue weighted by Crippen LogP contribution is -2.15. The van der Waals surface area contributed by atoms with Crippen LogP contribution >= 0.6 is 0 Å². The van der Waals surface area contributed by atoms with E-state index in [1.54, 1.807) is 13.3 Å². The highest BCUT2D eigenvalue weighted by Crippen LogP contribution is 2.26. The standard InChI is InChI=1S/C16H20N2O/c1-4-15(17-2)14-7-5-6-12(10-14)13-8-9-18-16(11-13)19-3/h5-11,15,17H,4H2,1-3H3. The van der Waals surface area contributed by atoms with Gasteiger partial charge in [-0.25, -0.2) is 4.98 Å². The number of pyridine rings is 1. The summed E-state index contributed by atoms with van der Waals surface area (Å²) >= 11 is 0. The van der Waals surface area contributed by atoms with Gasteiger partial charge in [0.25, 0.3) is 0 Å². The third-order valence-corrected chi connectivity index (χ3v) is 3.32. The van der Waals surface area contributed by atoms with Gasteiger partial charge >= 0.3 is 0 Å². The largest absolute Gasteiger partial charge is 0.481 e. The fraction of sp³-hybridized carbons (Fsp3) is 0.312. The zero-order chi connectivity index (χ0) is 13.7. The first-order valence-corrected chi connectivity index (χ1v) is 6.56. The van der Waals surface area contributed by atoms with Gasteiger partial charge in [0.05, 0.1) is 7.11 Å². The van der Waals surface area contributed by atoms with Crippen molar-refractivity contribution in [3.63, 3.8) is 0 Å². The van der Waals surface area contributed by atoms with Gasteiger partial charge in [0.2, 0.25) is 5.88 Å². The molecular weight excluding hydrogens is 236 g/mol. The quantitative estimate of drug-likeness (QED) is 0.890. The lowest BCUT2D eigenvalue weighted by Gasteiger charge is -2.15. The molecule has 3 nitrogen and oxygen atoms in total. The molecule has 1 atom stereocenters. The van der Waals surface area contributed by atoms with Gasteiger partial charge in [-0.15, -0.1) is 0 Å². The molecule has 0 aliphatic rings. The lowest BCUT2D eigenvalue weighted by atomic mass is 9.99. The molecule has 2 rings (SSSR count). The Morgan fingerprint density at radius 2 is 2.00 bits per heavy atom. The molecule has 0 aliphatic heterocycles. The van der Waals surface area contributed by atoms with E-state index in [2.05, 4.69) is 41.5 Å². The van der Waals surface area contributed by atoms with Gasteiger partial charge in [-0.2, -0.15) is 0 Å². The van der Waals surface area contributed by atoms with Crippen molar-refractivity contribution in [3.05, 3.63) is 48.2 Å². The molecule has 0 bridgehead atoms. The van der Waals surface area contributed by atoms with Crippen molar-refractivity contribution >= 4 is 0 Å². The zero-order valence-corrected chi connectivity index (χ0v) is 11.7. The average Bonchev–Trinajstić information content (AvgIpc) is 2.49. The number of rotatable bonds is 5. The van der Waals surface area contributed by atoms with E-state index in [1.165, 1.54) is 11.1 Å². The molecule has 1 aromatic carbocycles. The summed E-state index contributed by atoms with van der Waals surface area (Å²) in [6.45, 7) is 2.18. The molecular formula is C16H20N2O. The van der Waals surface area contributed by atoms with Gasteiger partial charge in [0.1, 0.15) is 0 Å². The van der Waals surface area contributed by atoms with Crippen LogP contribution in [0.3, 0.4) is 0 Å². The van der Waals surface area contributed by atoms with E-state index in [9.17, 15) is 0 Å². The summed E-state index contributed by atoms with van der Waals surface area (Å²) in [5.41, 5.74) is 3.62. The highest BCUT2D eigenvalue weighted by molar-refractivity contribution is 5.65. The molecule has 19 heavy (non-hydrogen) atoms. The second-order valence-electron chi connectivity index (χ2n) is 4.46. The van der Waals surface area contributed by atoms with Crippen LogP contribution in [0.2, 0.25) is 0 Å². The van der Waals surface area contributed by atoms with E-state index in [4.69, 9.17) is 4.74 Å². The molecule has 2 aromatic rings. The fourth-order valence-corrected chi connectivity index (χ4v) is 2.24. The number of hydrogen-bond donors (Lipinski definition) is 1. The second-order valence-corrected chi connectivity index (χ2v) is 4.46.